The number of rotatable bonds is 11. The van der Waals surface area contributed by atoms with E-state index in [9.17, 15) is 4.79 Å². The number of piperazine rings is 1. The van der Waals surface area contributed by atoms with Crippen molar-refractivity contribution in [2.45, 2.75) is 39.0 Å². The Morgan fingerprint density at radius 1 is 0.794 bits per heavy atom. The normalized spacial score (nSPS) is 13.7. The second kappa shape index (κ2) is 12.2. The molecule has 2 heterocycles. The first-order chi connectivity index (χ1) is 16.7. The van der Waals surface area contributed by atoms with Crippen LogP contribution in [0.15, 0.2) is 72.9 Å². The van der Waals surface area contributed by atoms with Gasteiger partial charge in [0.15, 0.2) is 5.78 Å². The zero-order valence-electron chi connectivity index (χ0n) is 20.2. The number of benzene rings is 2. The second-order valence-electron chi connectivity index (χ2n) is 8.83. The van der Waals surface area contributed by atoms with Crippen LogP contribution >= 0.6 is 0 Å². The summed E-state index contributed by atoms with van der Waals surface area (Å²) >= 11 is 0. The van der Waals surface area contributed by atoms with Crippen LogP contribution in [0.2, 0.25) is 0 Å². The molecule has 1 saturated heterocycles. The van der Waals surface area contributed by atoms with Crippen molar-refractivity contribution in [1.82, 2.24) is 4.98 Å². The Labute approximate surface area is 203 Å². The van der Waals surface area contributed by atoms with Gasteiger partial charge in [0.2, 0.25) is 0 Å². The first-order valence-electron chi connectivity index (χ1n) is 12.5. The third-order valence-corrected chi connectivity index (χ3v) is 6.37. The molecule has 0 aliphatic carbocycles. The highest BCUT2D eigenvalue weighted by Crippen LogP contribution is 2.23. The molecule has 5 nitrogen and oxygen atoms in total. The Morgan fingerprint density at radius 2 is 1.50 bits per heavy atom. The summed E-state index contributed by atoms with van der Waals surface area (Å²) < 4.78 is 5.90. The number of carbonyl (C=O) groups is 1. The number of aromatic nitrogens is 1. The zero-order chi connectivity index (χ0) is 23.6. The molecule has 1 fully saturated rings. The molecule has 2 aromatic carbocycles. The van der Waals surface area contributed by atoms with Gasteiger partial charge < -0.3 is 14.5 Å². The molecule has 0 atom stereocenters. The number of ketones is 1. The fourth-order valence-corrected chi connectivity index (χ4v) is 4.31. The van der Waals surface area contributed by atoms with E-state index in [-0.39, 0.29) is 5.78 Å². The van der Waals surface area contributed by atoms with E-state index in [2.05, 4.69) is 46.0 Å². The average molecular weight is 458 g/mol. The van der Waals surface area contributed by atoms with Gasteiger partial charge in [-0.2, -0.15) is 0 Å². The molecule has 178 valence electrons. The van der Waals surface area contributed by atoms with Crippen molar-refractivity contribution < 1.29 is 9.53 Å². The minimum absolute atomic E-state index is 0.00777. The van der Waals surface area contributed by atoms with Crippen molar-refractivity contribution in [2.24, 2.45) is 0 Å². The number of pyridine rings is 1. The van der Waals surface area contributed by atoms with Crippen LogP contribution in [0.1, 0.15) is 54.9 Å². The fourth-order valence-electron chi connectivity index (χ4n) is 4.31. The van der Waals surface area contributed by atoms with Crippen molar-refractivity contribution >= 4 is 17.3 Å². The van der Waals surface area contributed by atoms with Crippen LogP contribution in [0.25, 0.3) is 0 Å². The van der Waals surface area contributed by atoms with Crippen molar-refractivity contribution in [3.05, 3.63) is 84.1 Å². The molecule has 0 amide bonds. The molecular formula is C29H35N3O2. The summed E-state index contributed by atoms with van der Waals surface area (Å²) in [4.78, 5) is 21.9. The summed E-state index contributed by atoms with van der Waals surface area (Å²) in [5, 5.41) is 0. The zero-order valence-corrected chi connectivity index (χ0v) is 20.2. The summed E-state index contributed by atoms with van der Waals surface area (Å²) in [5.74, 6) is 1.88. The van der Waals surface area contributed by atoms with Gasteiger partial charge in [0.25, 0.3) is 0 Å². The van der Waals surface area contributed by atoms with E-state index in [1.807, 2.05) is 42.5 Å². The fraction of sp³-hybridized carbons (Fsp3) is 0.379. The first-order valence-corrected chi connectivity index (χ1v) is 12.5. The van der Waals surface area contributed by atoms with Crippen molar-refractivity contribution in [3.63, 3.8) is 0 Å². The van der Waals surface area contributed by atoms with Gasteiger partial charge >= 0.3 is 0 Å². The molecule has 0 N–H and O–H groups in total. The van der Waals surface area contributed by atoms with Gasteiger partial charge in [-0.05, 0) is 42.8 Å². The lowest BCUT2D eigenvalue weighted by molar-refractivity contribution is 0.103. The summed E-state index contributed by atoms with van der Waals surface area (Å²) in [6.45, 7) is 6.70. The van der Waals surface area contributed by atoms with Crippen LogP contribution in [0.4, 0.5) is 11.5 Å². The quantitative estimate of drug-likeness (QED) is 0.261. The molecule has 1 aliphatic heterocycles. The highest BCUT2D eigenvalue weighted by atomic mass is 16.5. The molecule has 1 aliphatic rings. The molecule has 34 heavy (non-hydrogen) atoms. The molecule has 5 heteroatoms. The number of hydrogen-bond acceptors (Lipinski definition) is 5. The molecule has 0 bridgehead atoms. The molecule has 1 aromatic heterocycles. The maximum atomic E-state index is 12.6. The average Bonchev–Trinajstić information content (AvgIpc) is 2.91. The van der Waals surface area contributed by atoms with Crippen LogP contribution in [0, 0.1) is 0 Å². The van der Waals surface area contributed by atoms with Crippen LogP contribution in [-0.2, 0) is 0 Å². The van der Waals surface area contributed by atoms with Gasteiger partial charge in [-0.25, -0.2) is 4.98 Å². The third kappa shape index (κ3) is 6.37. The summed E-state index contributed by atoms with van der Waals surface area (Å²) in [5.41, 5.74) is 2.54. The van der Waals surface area contributed by atoms with Gasteiger partial charge in [-0.1, -0.05) is 62.9 Å². The van der Waals surface area contributed by atoms with E-state index in [4.69, 9.17) is 4.74 Å². The Morgan fingerprint density at radius 3 is 2.18 bits per heavy atom. The van der Waals surface area contributed by atoms with Crippen molar-refractivity contribution in [1.29, 1.82) is 0 Å². The third-order valence-electron chi connectivity index (χ3n) is 6.37. The number of carbonyl (C=O) groups excluding carboxylic acids is 1. The van der Waals surface area contributed by atoms with E-state index < -0.39 is 0 Å². The molecule has 3 aromatic rings. The SMILES string of the molecule is CCCCCCCOc1ccc(N2CCN(c3ccc(C(=O)c4ccccc4)cn3)CC2)cc1. The van der Waals surface area contributed by atoms with E-state index >= 15 is 0 Å². The molecule has 0 saturated carbocycles. The molecule has 0 spiro atoms. The van der Waals surface area contributed by atoms with Gasteiger partial charge in [0.05, 0.1) is 6.61 Å². The van der Waals surface area contributed by atoms with Crippen molar-refractivity contribution in [2.75, 3.05) is 42.6 Å². The summed E-state index contributed by atoms with van der Waals surface area (Å²) in [6, 6.07) is 21.7. The Kier molecular flexibility index (Phi) is 8.55. The Hall–Kier alpha value is -3.34. The predicted molar refractivity (Wildman–Crippen MR) is 139 cm³/mol. The lowest BCUT2D eigenvalue weighted by Gasteiger charge is -2.36. The van der Waals surface area contributed by atoms with Gasteiger partial charge in [0, 0.05) is 49.2 Å². The van der Waals surface area contributed by atoms with Crippen LogP contribution in [0.3, 0.4) is 0 Å². The van der Waals surface area contributed by atoms with Crippen molar-refractivity contribution in [3.8, 4) is 5.75 Å². The van der Waals surface area contributed by atoms with E-state index in [0.717, 1.165) is 50.8 Å². The van der Waals surface area contributed by atoms with Crippen LogP contribution < -0.4 is 14.5 Å². The topological polar surface area (TPSA) is 45.7 Å². The number of unbranched alkanes of at least 4 members (excludes halogenated alkanes) is 4. The molecule has 0 unspecified atom stereocenters. The minimum atomic E-state index is 0.00777. The van der Waals surface area contributed by atoms with E-state index in [1.54, 1.807) is 6.20 Å². The summed E-state index contributed by atoms with van der Waals surface area (Å²) in [6.07, 6.45) is 7.96. The van der Waals surface area contributed by atoms with Crippen LogP contribution in [0.5, 0.6) is 5.75 Å². The maximum Gasteiger partial charge on any atom is 0.194 e. The molecular weight excluding hydrogens is 422 g/mol. The van der Waals surface area contributed by atoms with Gasteiger partial charge in [-0.15, -0.1) is 0 Å². The number of hydrogen-bond donors (Lipinski definition) is 0. The molecule has 0 radical (unpaired) electrons. The second-order valence-corrected chi connectivity index (χ2v) is 8.83. The summed E-state index contributed by atoms with van der Waals surface area (Å²) in [7, 11) is 0. The lowest BCUT2D eigenvalue weighted by atomic mass is 10.1. The maximum absolute atomic E-state index is 12.6. The Bertz CT molecular complexity index is 1010. The van der Waals surface area contributed by atoms with E-state index in [0.29, 0.717) is 11.1 Å². The minimum Gasteiger partial charge on any atom is -0.494 e. The first kappa shape index (κ1) is 23.8. The highest BCUT2D eigenvalue weighted by molar-refractivity contribution is 6.08. The number of ether oxygens (including phenoxy) is 1. The van der Waals surface area contributed by atoms with E-state index in [1.165, 1.54) is 31.4 Å². The predicted octanol–water partition coefficient (Wildman–Crippen LogP) is 5.99. The molecule has 4 rings (SSSR count). The smallest absolute Gasteiger partial charge is 0.194 e. The van der Waals surface area contributed by atoms with Crippen LogP contribution in [-0.4, -0.2) is 43.6 Å². The largest absolute Gasteiger partial charge is 0.494 e. The van der Waals surface area contributed by atoms with Gasteiger partial charge in [0.1, 0.15) is 11.6 Å². The monoisotopic (exact) mass is 457 g/mol. The van der Waals surface area contributed by atoms with Gasteiger partial charge in [-0.3, -0.25) is 4.79 Å². The standard InChI is InChI=1S/C29H35N3O2/c1-2-3-4-5-9-22-34-27-15-13-26(14-16-27)31-18-20-32(21-19-31)28-17-12-25(23-30-28)29(33)24-10-7-6-8-11-24/h6-8,10-17,23H,2-5,9,18-22H2,1H3. The number of nitrogens with zero attached hydrogens (tertiary/aromatic N) is 3. The number of anilines is 2. The lowest BCUT2D eigenvalue weighted by Crippen LogP contribution is -2.46. The Balaban J connectivity index is 1.24. The highest BCUT2D eigenvalue weighted by Gasteiger charge is 2.19.